The largest absolute Gasteiger partial charge is 0.357 e. The fourth-order valence-corrected chi connectivity index (χ4v) is 3.42. The van der Waals surface area contributed by atoms with Gasteiger partial charge in [0.15, 0.2) is 0 Å². The second-order valence-corrected chi connectivity index (χ2v) is 7.17. The topological polar surface area (TPSA) is 75.9 Å². The number of imidazole rings is 1. The van der Waals surface area contributed by atoms with Crippen molar-refractivity contribution in [3.8, 4) is 5.82 Å². The Balaban J connectivity index is 1.26. The van der Waals surface area contributed by atoms with Crippen LogP contribution in [0.2, 0.25) is 0 Å². The third-order valence-electron chi connectivity index (χ3n) is 5.13. The number of aryl methyl sites for hydroxylation is 1. The second-order valence-electron chi connectivity index (χ2n) is 7.17. The minimum atomic E-state index is 0.0554. The SMILES string of the molecule is Cc1ccc(N2CCC(C(=O)NCc3ccc(-n4ccnc4)nc3)CC2)nc1. The zero-order valence-corrected chi connectivity index (χ0v) is 16.0. The standard InChI is InChI=1S/C21H24N6O/c1-16-2-4-19(23-12-16)26-9-6-18(7-10-26)21(28)25-14-17-3-5-20(24-13-17)27-11-8-22-15-27/h2-5,8,11-13,15,18H,6-7,9-10,14H2,1H3,(H,25,28). The summed E-state index contributed by atoms with van der Waals surface area (Å²) in [5.41, 5.74) is 2.14. The molecule has 0 saturated carbocycles. The van der Waals surface area contributed by atoms with Gasteiger partial charge in [0.1, 0.15) is 18.0 Å². The quantitative estimate of drug-likeness (QED) is 0.740. The number of amides is 1. The summed E-state index contributed by atoms with van der Waals surface area (Å²) in [4.78, 5) is 27.7. The summed E-state index contributed by atoms with van der Waals surface area (Å²) in [5, 5.41) is 3.05. The predicted molar refractivity (Wildman–Crippen MR) is 107 cm³/mol. The second kappa shape index (κ2) is 8.21. The Morgan fingerprint density at radius 2 is 1.89 bits per heavy atom. The van der Waals surface area contributed by atoms with Crippen molar-refractivity contribution in [2.24, 2.45) is 5.92 Å². The molecule has 0 bridgehead atoms. The lowest BCUT2D eigenvalue weighted by molar-refractivity contribution is -0.125. The van der Waals surface area contributed by atoms with Gasteiger partial charge in [-0.3, -0.25) is 9.36 Å². The van der Waals surface area contributed by atoms with Crippen LogP contribution in [0.25, 0.3) is 5.82 Å². The van der Waals surface area contributed by atoms with Gasteiger partial charge in [0.25, 0.3) is 0 Å². The van der Waals surface area contributed by atoms with Crippen molar-refractivity contribution in [1.29, 1.82) is 0 Å². The first kappa shape index (κ1) is 18.2. The first-order valence-corrected chi connectivity index (χ1v) is 9.57. The first-order chi connectivity index (χ1) is 13.7. The number of carbonyl (C=O) groups is 1. The molecule has 0 atom stereocenters. The highest BCUT2D eigenvalue weighted by molar-refractivity contribution is 5.79. The Morgan fingerprint density at radius 1 is 1.11 bits per heavy atom. The molecule has 1 aliphatic rings. The van der Waals surface area contributed by atoms with Crippen molar-refractivity contribution in [2.45, 2.75) is 26.3 Å². The highest BCUT2D eigenvalue weighted by atomic mass is 16.1. The molecule has 0 spiro atoms. The Morgan fingerprint density at radius 3 is 2.54 bits per heavy atom. The lowest BCUT2D eigenvalue weighted by atomic mass is 9.96. The van der Waals surface area contributed by atoms with E-state index in [1.54, 1.807) is 18.7 Å². The summed E-state index contributed by atoms with van der Waals surface area (Å²) in [6.07, 6.45) is 10.7. The number of piperidine rings is 1. The monoisotopic (exact) mass is 376 g/mol. The number of pyridine rings is 2. The maximum Gasteiger partial charge on any atom is 0.223 e. The number of hydrogen-bond acceptors (Lipinski definition) is 5. The van der Waals surface area contributed by atoms with Crippen LogP contribution in [0, 0.1) is 12.8 Å². The number of carbonyl (C=O) groups excluding carboxylic acids is 1. The Hall–Kier alpha value is -3.22. The van der Waals surface area contributed by atoms with Gasteiger partial charge in [-0.25, -0.2) is 15.0 Å². The van der Waals surface area contributed by atoms with Gasteiger partial charge in [0, 0.05) is 50.3 Å². The number of anilines is 1. The summed E-state index contributed by atoms with van der Waals surface area (Å²) in [6, 6.07) is 8.04. The minimum absolute atomic E-state index is 0.0554. The molecular formula is C21H24N6O. The van der Waals surface area contributed by atoms with E-state index in [4.69, 9.17) is 0 Å². The van der Waals surface area contributed by atoms with Gasteiger partial charge >= 0.3 is 0 Å². The molecule has 0 aliphatic carbocycles. The van der Waals surface area contributed by atoms with E-state index in [0.717, 1.165) is 48.7 Å². The van der Waals surface area contributed by atoms with Gasteiger partial charge in [-0.2, -0.15) is 0 Å². The van der Waals surface area contributed by atoms with E-state index in [1.165, 1.54) is 0 Å². The number of nitrogens with one attached hydrogen (secondary N) is 1. The zero-order valence-electron chi connectivity index (χ0n) is 16.0. The molecule has 1 aliphatic heterocycles. The van der Waals surface area contributed by atoms with Crippen molar-refractivity contribution in [3.63, 3.8) is 0 Å². The smallest absolute Gasteiger partial charge is 0.223 e. The van der Waals surface area contributed by atoms with Gasteiger partial charge in [0.05, 0.1) is 0 Å². The van der Waals surface area contributed by atoms with Crippen LogP contribution in [0.3, 0.4) is 0 Å². The number of hydrogen-bond donors (Lipinski definition) is 1. The van der Waals surface area contributed by atoms with Crippen molar-refractivity contribution in [3.05, 3.63) is 66.5 Å². The maximum absolute atomic E-state index is 12.5. The molecule has 1 N–H and O–H groups in total. The summed E-state index contributed by atoms with van der Waals surface area (Å²) in [6.45, 7) is 4.24. The Labute approximate surface area is 164 Å². The molecule has 1 fully saturated rings. The Bertz CT molecular complexity index is 897. The lowest BCUT2D eigenvalue weighted by Gasteiger charge is -2.32. The van der Waals surface area contributed by atoms with Crippen LogP contribution in [0.5, 0.6) is 0 Å². The van der Waals surface area contributed by atoms with Crippen LogP contribution < -0.4 is 10.2 Å². The van der Waals surface area contributed by atoms with Crippen LogP contribution in [0.1, 0.15) is 24.0 Å². The van der Waals surface area contributed by atoms with Crippen molar-refractivity contribution in [2.75, 3.05) is 18.0 Å². The van der Waals surface area contributed by atoms with E-state index in [2.05, 4.69) is 37.3 Å². The van der Waals surface area contributed by atoms with E-state index in [1.807, 2.05) is 36.0 Å². The Kier molecular flexibility index (Phi) is 5.32. The van der Waals surface area contributed by atoms with Crippen LogP contribution >= 0.6 is 0 Å². The average Bonchev–Trinajstić information content (AvgIpc) is 3.28. The zero-order chi connectivity index (χ0) is 19.3. The van der Waals surface area contributed by atoms with E-state index in [-0.39, 0.29) is 11.8 Å². The summed E-state index contributed by atoms with van der Waals surface area (Å²) in [7, 11) is 0. The van der Waals surface area contributed by atoms with Gasteiger partial charge in [-0.05, 0) is 43.0 Å². The molecule has 1 amide bonds. The van der Waals surface area contributed by atoms with Crippen molar-refractivity contribution < 1.29 is 4.79 Å². The fourth-order valence-electron chi connectivity index (χ4n) is 3.42. The molecule has 0 radical (unpaired) electrons. The molecule has 7 nitrogen and oxygen atoms in total. The summed E-state index contributed by atoms with van der Waals surface area (Å²) < 4.78 is 1.85. The van der Waals surface area contributed by atoms with E-state index < -0.39 is 0 Å². The molecule has 4 rings (SSSR count). The molecule has 3 aromatic heterocycles. The maximum atomic E-state index is 12.5. The minimum Gasteiger partial charge on any atom is -0.357 e. The number of rotatable bonds is 5. The molecule has 4 heterocycles. The average molecular weight is 376 g/mol. The van der Waals surface area contributed by atoms with E-state index in [9.17, 15) is 4.79 Å². The molecule has 7 heteroatoms. The van der Waals surface area contributed by atoms with Crippen LogP contribution in [-0.4, -0.2) is 38.5 Å². The van der Waals surface area contributed by atoms with Crippen LogP contribution in [-0.2, 0) is 11.3 Å². The van der Waals surface area contributed by atoms with Gasteiger partial charge in [-0.15, -0.1) is 0 Å². The molecule has 3 aromatic rings. The van der Waals surface area contributed by atoms with Crippen molar-refractivity contribution in [1.82, 2.24) is 24.8 Å². The van der Waals surface area contributed by atoms with Gasteiger partial charge in [0.2, 0.25) is 5.91 Å². The first-order valence-electron chi connectivity index (χ1n) is 9.57. The van der Waals surface area contributed by atoms with Crippen LogP contribution in [0.4, 0.5) is 5.82 Å². The third-order valence-corrected chi connectivity index (χ3v) is 5.13. The normalized spacial score (nSPS) is 14.8. The number of nitrogens with zero attached hydrogens (tertiary/aromatic N) is 5. The molecule has 28 heavy (non-hydrogen) atoms. The van der Waals surface area contributed by atoms with Crippen molar-refractivity contribution >= 4 is 11.7 Å². The molecule has 144 valence electrons. The fraction of sp³-hybridized carbons (Fsp3) is 0.333. The lowest BCUT2D eigenvalue weighted by Crippen LogP contribution is -2.40. The van der Waals surface area contributed by atoms with Crippen LogP contribution in [0.15, 0.2) is 55.4 Å². The predicted octanol–water partition coefficient (Wildman–Crippen LogP) is 2.50. The summed E-state index contributed by atoms with van der Waals surface area (Å²) in [5.74, 6) is 1.98. The molecule has 0 aromatic carbocycles. The molecule has 1 saturated heterocycles. The molecular weight excluding hydrogens is 352 g/mol. The molecule has 0 unspecified atom stereocenters. The third kappa shape index (κ3) is 4.19. The van der Waals surface area contributed by atoms with Gasteiger partial charge < -0.3 is 10.2 Å². The highest BCUT2D eigenvalue weighted by Crippen LogP contribution is 2.22. The highest BCUT2D eigenvalue weighted by Gasteiger charge is 2.25. The van der Waals surface area contributed by atoms with E-state index >= 15 is 0 Å². The van der Waals surface area contributed by atoms with E-state index in [0.29, 0.717) is 6.54 Å². The number of aromatic nitrogens is 4. The van der Waals surface area contributed by atoms with Gasteiger partial charge in [-0.1, -0.05) is 12.1 Å². The summed E-state index contributed by atoms with van der Waals surface area (Å²) >= 11 is 0.